The number of ether oxygens (including phenoxy) is 1. The number of aromatic nitrogens is 4. The van der Waals surface area contributed by atoms with Gasteiger partial charge in [-0.3, -0.25) is 19.3 Å². The largest absolute Gasteiger partial charge is 0.494 e. The van der Waals surface area contributed by atoms with Gasteiger partial charge >= 0.3 is 0 Å². The van der Waals surface area contributed by atoms with Crippen LogP contribution in [0.5, 0.6) is 5.75 Å². The fraction of sp³-hybridized carbons (Fsp3) is 0.417. The van der Waals surface area contributed by atoms with E-state index in [1.54, 1.807) is 17.7 Å². The van der Waals surface area contributed by atoms with E-state index >= 15 is 0 Å². The molecule has 0 bridgehead atoms. The molecule has 1 aliphatic rings. The zero-order valence-electron chi connectivity index (χ0n) is 20.4. The normalized spacial score (nSPS) is 15.7. The summed E-state index contributed by atoms with van der Waals surface area (Å²) in [4.78, 5) is 30.1. The van der Waals surface area contributed by atoms with E-state index in [2.05, 4.69) is 36.3 Å². The molecule has 10 nitrogen and oxygen atoms in total. The van der Waals surface area contributed by atoms with E-state index in [0.29, 0.717) is 16.8 Å². The molecule has 0 spiro atoms. The number of carbonyl (C=O) groups excluding carboxylic acids is 1. The number of thiophene rings is 1. The first-order chi connectivity index (χ1) is 17.2. The molecule has 188 valence electrons. The fourth-order valence-corrected chi connectivity index (χ4v) is 6.57. The SMILES string of the molecule is COc1cc([N+](=O)[O-])ccc1NC(=O)CSc1nnc2c3c4c(sc3ncn12)C[C@@H](C(C)(C)C)CC4. The van der Waals surface area contributed by atoms with Gasteiger partial charge in [-0.25, -0.2) is 4.98 Å². The van der Waals surface area contributed by atoms with Crippen LogP contribution in [0, 0.1) is 21.4 Å². The summed E-state index contributed by atoms with van der Waals surface area (Å²) in [5.41, 5.74) is 2.63. The van der Waals surface area contributed by atoms with Gasteiger partial charge in [-0.1, -0.05) is 32.5 Å². The van der Waals surface area contributed by atoms with Crippen molar-refractivity contribution in [1.29, 1.82) is 0 Å². The molecular weight excluding hydrogens is 500 g/mol. The second-order valence-electron chi connectivity index (χ2n) is 9.89. The van der Waals surface area contributed by atoms with Gasteiger partial charge in [0.25, 0.3) is 5.69 Å². The molecule has 0 fully saturated rings. The van der Waals surface area contributed by atoms with Crippen molar-refractivity contribution < 1.29 is 14.5 Å². The first kappa shape index (κ1) is 24.4. The van der Waals surface area contributed by atoms with E-state index in [4.69, 9.17) is 9.72 Å². The Morgan fingerprint density at radius 1 is 1.36 bits per heavy atom. The number of methoxy groups -OCH3 is 1. The van der Waals surface area contributed by atoms with E-state index in [9.17, 15) is 14.9 Å². The van der Waals surface area contributed by atoms with Crippen molar-refractivity contribution in [1.82, 2.24) is 19.6 Å². The van der Waals surface area contributed by atoms with Crippen LogP contribution in [-0.2, 0) is 17.6 Å². The van der Waals surface area contributed by atoms with E-state index in [1.165, 1.54) is 47.5 Å². The van der Waals surface area contributed by atoms with Crippen LogP contribution in [0.2, 0.25) is 0 Å². The monoisotopic (exact) mass is 526 g/mol. The first-order valence-electron chi connectivity index (χ1n) is 11.5. The lowest BCUT2D eigenvalue weighted by molar-refractivity contribution is -0.384. The summed E-state index contributed by atoms with van der Waals surface area (Å²) in [6, 6.07) is 4.05. The number of rotatable bonds is 6. The van der Waals surface area contributed by atoms with Crippen molar-refractivity contribution >= 4 is 56.2 Å². The number of nitrogens with zero attached hydrogens (tertiary/aromatic N) is 5. The molecule has 36 heavy (non-hydrogen) atoms. The van der Waals surface area contributed by atoms with Gasteiger partial charge in [-0.15, -0.1) is 21.5 Å². The summed E-state index contributed by atoms with van der Waals surface area (Å²) in [6.45, 7) is 6.92. The average Bonchev–Trinajstić information content (AvgIpc) is 3.42. The topological polar surface area (TPSA) is 125 Å². The lowest BCUT2D eigenvalue weighted by Crippen LogP contribution is -2.26. The number of carbonyl (C=O) groups is 1. The van der Waals surface area contributed by atoms with Crippen molar-refractivity contribution in [2.45, 2.75) is 45.2 Å². The molecule has 1 amide bonds. The van der Waals surface area contributed by atoms with Gasteiger partial charge < -0.3 is 10.1 Å². The van der Waals surface area contributed by atoms with E-state index in [1.807, 2.05) is 4.40 Å². The number of nitrogens with one attached hydrogen (secondary N) is 1. The summed E-state index contributed by atoms with van der Waals surface area (Å²) < 4.78 is 7.03. The third-order valence-electron chi connectivity index (χ3n) is 6.65. The molecule has 12 heteroatoms. The summed E-state index contributed by atoms with van der Waals surface area (Å²) >= 11 is 3.00. The number of anilines is 1. The number of non-ortho nitro benzene ring substituents is 1. The van der Waals surface area contributed by atoms with Gasteiger partial charge in [0, 0.05) is 10.9 Å². The number of amides is 1. The van der Waals surface area contributed by atoms with Crippen molar-refractivity contribution in [3.63, 3.8) is 0 Å². The maximum absolute atomic E-state index is 12.6. The first-order valence-corrected chi connectivity index (χ1v) is 13.3. The zero-order chi connectivity index (χ0) is 25.6. The van der Waals surface area contributed by atoms with Crippen molar-refractivity contribution in [2.75, 3.05) is 18.2 Å². The highest BCUT2D eigenvalue weighted by atomic mass is 32.2. The maximum Gasteiger partial charge on any atom is 0.273 e. The van der Waals surface area contributed by atoms with Crippen molar-refractivity contribution in [3.05, 3.63) is 45.1 Å². The number of benzene rings is 1. The molecule has 1 aliphatic carbocycles. The highest BCUT2D eigenvalue weighted by molar-refractivity contribution is 7.99. The molecule has 0 aliphatic heterocycles. The van der Waals surface area contributed by atoms with Crippen LogP contribution in [0.4, 0.5) is 11.4 Å². The number of aryl methyl sites for hydroxylation is 1. The number of nitro benzene ring substituents is 1. The Labute approximate surface area is 215 Å². The minimum atomic E-state index is -0.515. The van der Waals surface area contributed by atoms with Crippen LogP contribution in [0.15, 0.2) is 29.7 Å². The Morgan fingerprint density at radius 3 is 2.89 bits per heavy atom. The lowest BCUT2D eigenvalue weighted by Gasteiger charge is -2.33. The van der Waals surface area contributed by atoms with Crippen molar-refractivity contribution in [3.8, 4) is 5.75 Å². The highest BCUT2D eigenvalue weighted by Gasteiger charge is 2.32. The highest BCUT2D eigenvalue weighted by Crippen LogP contribution is 2.43. The van der Waals surface area contributed by atoms with Crippen molar-refractivity contribution in [2.24, 2.45) is 11.3 Å². The predicted molar refractivity (Wildman–Crippen MR) is 140 cm³/mol. The predicted octanol–water partition coefficient (Wildman–Crippen LogP) is 5.14. The van der Waals surface area contributed by atoms with Gasteiger partial charge in [0.05, 0.1) is 34.9 Å². The molecule has 3 heterocycles. The molecule has 1 aromatic carbocycles. The third kappa shape index (κ3) is 4.50. The zero-order valence-corrected chi connectivity index (χ0v) is 22.0. The molecule has 0 unspecified atom stereocenters. The quantitative estimate of drug-likeness (QED) is 0.208. The molecule has 0 radical (unpaired) electrons. The molecule has 5 rings (SSSR count). The Kier molecular flexibility index (Phi) is 6.33. The number of fused-ring (bicyclic) bond motifs is 5. The summed E-state index contributed by atoms with van der Waals surface area (Å²) in [5, 5.41) is 24.2. The minimum Gasteiger partial charge on any atom is -0.494 e. The molecule has 1 atom stereocenters. The van der Waals surface area contributed by atoms with Gasteiger partial charge in [0.15, 0.2) is 10.8 Å². The average molecular weight is 527 g/mol. The molecule has 3 aromatic heterocycles. The van der Waals surface area contributed by atoms with Gasteiger partial charge in [0.1, 0.15) is 16.9 Å². The molecule has 1 N–H and O–H groups in total. The van der Waals surface area contributed by atoms with Crippen LogP contribution >= 0.6 is 23.1 Å². The van der Waals surface area contributed by atoms with Crippen LogP contribution in [0.1, 0.15) is 37.6 Å². The standard InChI is InChI=1S/C24H26N6O4S2/c1-24(2,3)13-5-7-15-18(9-13)36-22-20(15)21-27-28-23(29(21)12-25-22)35-11-19(31)26-16-8-6-14(30(32)33)10-17(16)34-4/h6,8,10,12-13H,5,7,9,11H2,1-4H3,(H,26,31)/t13-/m0/s1. The summed E-state index contributed by atoms with van der Waals surface area (Å²) in [5.74, 6) is 0.650. The fourth-order valence-electron chi connectivity index (χ4n) is 4.61. The number of thioether (sulfide) groups is 1. The Morgan fingerprint density at radius 2 is 2.17 bits per heavy atom. The second-order valence-corrected chi connectivity index (χ2v) is 11.9. The van der Waals surface area contributed by atoms with Gasteiger partial charge in [0.2, 0.25) is 5.91 Å². The second kappa shape index (κ2) is 9.32. The molecule has 0 saturated carbocycles. The van der Waals surface area contributed by atoms with E-state index < -0.39 is 4.92 Å². The lowest BCUT2D eigenvalue weighted by atomic mass is 9.72. The third-order valence-corrected chi connectivity index (χ3v) is 8.76. The van der Waals surface area contributed by atoms with Crippen LogP contribution in [0.3, 0.4) is 0 Å². The summed E-state index contributed by atoms with van der Waals surface area (Å²) in [6.07, 6.45) is 4.94. The Hall–Kier alpha value is -3.25. The molecule has 4 aromatic rings. The van der Waals surface area contributed by atoms with Crippen LogP contribution < -0.4 is 10.1 Å². The van der Waals surface area contributed by atoms with Gasteiger partial charge in [-0.2, -0.15) is 0 Å². The van der Waals surface area contributed by atoms with E-state index in [0.717, 1.165) is 35.1 Å². The van der Waals surface area contributed by atoms with Gasteiger partial charge in [-0.05, 0) is 42.2 Å². The van der Waals surface area contributed by atoms with Crippen LogP contribution in [-0.4, -0.2) is 43.3 Å². The number of nitro groups is 1. The molecular formula is C24H26N6O4S2. The number of hydrogen-bond donors (Lipinski definition) is 1. The summed E-state index contributed by atoms with van der Waals surface area (Å²) in [7, 11) is 1.39. The van der Waals surface area contributed by atoms with Crippen LogP contribution in [0.25, 0.3) is 15.9 Å². The van der Waals surface area contributed by atoms with E-state index in [-0.39, 0.29) is 28.5 Å². The number of hydrogen-bond acceptors (Lipinski definition) is 9. The minimum absolute atomic E-state index is 0.0774. The Balaban J connectivity index is 1.34. The smallest absolute Gasteiger partial charge is 0.273 e. The Bertz CT molecular complexity index is 1490. The maximum atomic E-state index is 12.6. The molecule has 0 saturated heterocycles.